The normalized spacial score (nSPS) is 23.6. The number of nitrogens with zero attached hydrogens (tertiary/aromatic N) is 2. The molecule has 6 nitrogen and oxygen atoms in total. The molecule has 0 bridgehead atoms. The smallest absolute Gasteiger partial charge is 0.329 e. The van der Waals surface area contributed by atoms with E-state index in [1.165, 1.54) is 9.80 Å². The largest absolute Gasteiger partial charge is 0.497 e. The van der Waals surface area contributed by atoms with E-state index in [9.17, 15) is 13.2 Å². The van der Waals surface area contributed by atoms with Gasteiger partial charge in [-0.15, -0.1) is 0 Å². The molecule has 2 fully saturated rings. The zero-order valence-corrected chi connectivity index (χ0v) is 16.6. The summed E-state index contributed by atoms with van der Waals surface area (Å²) in [5.41, 5.74) is 1.15. The predicted molar refractivity (Wildman–Crippen MR) is 106 cm³/mol. The minimum Gasteiger partial charge on any atom is -0.497 e. The molecule has 2 aromatic carbocycles. The van der Waals surface area contributed by atoms with Crippen molar-refractivity contribution in [1.82, 2.24) is 0 Å². The molecule has 0 N–H and O–H groups in total. The van der Waals surface area contributed by atoms with E-state index in [4.69, 9.17) is 27.9 Å². The number of carbonyl (C=O) groups is 1. The first-order chi connectivity index (χ1) is 12.8. The molecule has 142 valence electrons. The number of rotatable bonds is 3. The van der Waals surface area contributed by atoms with Crippen molar-refractivity contribution in [3.63, 3.8) is 0 Å². The maximum absolute atomic E-state index is 13.2. The second-order valence-corrected chi connectivity index (χ2v) is 9.50. The van der Waals surface area contributed by atoms with Crippen molar-refractivity contribution < 1.29 is 17.9 Å². The van der Waals surface area contributed by atoms with Gasteiger partial charge in [-0.1, -0.05) is 23.2 Å². The number of sulfone groups is 1. The number of amides is 2. The molecule has 2 amide bonds. The number of carbonyl (C=O) groups excluding carboxylic acids is 1. The highest BCUT2D eigenvalue weighted by atomic mass is 35.5. The number of anilines is 2. The topological polar surface area (TPSA) is 66.9 Å². The minimum atomic E-state index is -3.26. The molecule has 2 atom stereocenters. The number of methoxy groups -OCH3 is 1. The molecule has 0 spiro atoms. The number of ether oxygens (including phenoxy) is 1. The van der Waals surface area contributed by atoms with Gasteiger partial charge < -0.3 is 4.74 Å². The third-order valence-electron chi connectivity index (χ3n) is 4.90. The Balaban J connectivity index is 1.78. The van der Waals surface area contributed by atoms with Gasteiger partial charge in [0.05, 0.1) is 40.7 Å². The lowest BCUT2D eigenvalue weighted by molar-refractivity contribution is 0.255. The highest BCUT2D eigenvalue weighted by Gasteiger charge is 2.54. The van der Waals surface area contributed by atoms with Gasteiger partial charge in [-0.3, -0.25) is 9.80 Å². The van der Waals surface area contributed by atoms with Crippen molar-refractivity contribution in [1.29, 1.82) is 0 Å². The maximum atomic E-state index is 13.2. The monoisotopic (exact) mass is 426 g/mol. The molecule has 2 heterocycles. The molecule has 0 saturated carbocycles. The summed E-state index contributed by atoms with van der Waals surface area (Å²) in [7, 11) is -1.70. The average molecular weight is 427 g/mol. The molecule has 4 rings (SSSR count). The fraction of sp³-hybridized carbons (Fsp3) is 0.278. The Morgan fingerprint density at radius 2 is 1.48 bits per heavy atom. The van der Waals surface area contributed by atoms with Crippen molar-refractivity contribution >= 4 is 50.4 Å². The molecule has 2 saturated heterocycles. The quantitative estimate of drug-likeness (QED) is 0.702. The van der Waals surface area contributed by atoms with Crippen molar-refractivity contribution in [2.24, 2.45) is 0 Å². The van der Waals surface area contributed by atoms with Gasteiger partial charge >= 0.3 is 6.03 Å². The van der Waals surface area contributed by atoms with Gasteiger partial charge in [0.2, 0.25) is 0 Å². The molecular formula is C18H16Cl2N2O4S. The van der Waals surface area contributed by atoms with Crippen LogP contribution >= 0.6 is 23.2 Å². The van der Waals surface area contributed by atoms with Crippen LogP contribution in [0.25, 0.3) is 0 Å². The highest BCUT2D eigenvalue weighted by Crippen LogP contribution is 2.39. The Morgan fingerprint density at radius 3 is 2.04 bits per heavy atom. The molecule has 2 aliphatic rings. The van der Waals surface area contributed by atoms with Crippen LogP contribution in [0.1, 0.15) is 0 Å². The van der Waals surface area contributed by atoms with E-state index in [2.05, 4.69) is 0 Å². The van der Waals surface area contributed by atoms with E-state index in [1.54, 1.807) is 49.6 Å². The number of halogens is 2. The summed E-state index contributed by atoms with van der Waals surface area (Å²) < 4.78 is 29.7. The maximum Gasteiger partial charge on any atom is 0.329 e. The number of benzene rings is 2. The number of urea groups is 1. The lowest BCUT2D eigenvalue weighted by Gasteiger charge is -2.23. The minimum absolute atomic E-state index is 0.0761. The Kier molecular flexibility index (Phi) is 4.49. The molecule has 0 aliphatic carbocycles. The van der Waals surface area contributed by atoms with Gasteiger partial charge in [-0.05, 0) is 42.5 Å². The summed E-state index contributed by atoms with van der Waals surface area (Å²) >= 11 is 12.1. The zero-order chi connectivity index (χ0) is 19.3. The molecule has 9 heteroatoms. The van der Waals surface area contributed by atoms with Gasteiger partial charge in [-0.2, -0.15) is 0 Å². The van der Waals surface area contributed by atoms with E-state index in [-0.39, 0.29) is 17.5 Å². The van der Waals surface area contributed by atoms with Crippen LogP contribution in [0.15, 0.2) is 42.5 Å². The van der Waals surface area contributed by atoms with E-state index in [1.807, 2.05) is 0 Å². The summed E-state index contributed by atoms with van der Waals surface area (Å²) in [6.07, 6.45) is 0. The van der Waals surface area contributed by atoms with Crippen molar-refractivity contribution in [2.45, 2.75) is 12.1 Å². The van der Waals surface area contributed by atoms with Crippen LogP contribution in [0.5, 0.6) is 5.75 Å². The number of hydrogen-bond donors (Lipinski definition) is 0. The Labute approximate surface area is 167 Å². The number of hydrogen-bond acceptors (Lipinski definition) is 4. The molecule has 0 aromatic heterocycles. The molecular weight excluding hydrogens is 411 g/mol. The summed E-state index contributed by atoms with van der Waals surface area (Å²) in [5, 5.41) is 0.678. The van der Waals surface area contributed by atoms with Crippen molar-refractivity contribution in [3.05, 3.63) is 52.5 Å². The Bertz CT molecular complexity index is 1010. The summed E-state index contributed by atoms with van der Waals surface area (Å²) in [6, 6.07) is 10.6. The van der Waals surface area contributed by atoms with Crippen molar-refractivity contribution in [2.75, 3.05) is 28.4 Å². The Morgan fingerprint density at radius 1 is 0.926 bits per heavy atom. The highest BCUT2D eigenvalue weighted by molar-refractivity contribution is 7.91. The van der Waals surface area contributed by atoms with E-state index in [0.29, 0.717) is 27.2 Å². The Hall–Kier alpha value is -1.96. The van der Waals surface area contributed by atoms with E-state index < -0.39 is 21.9 Å². The average Bonchev–Trinajstić information content (AvgIpc) is 3.06. The van der Waals surface area contributed by atoms with Crippen LogP contribution in [0, 0.1) is 0 Å². The van der Waals surface area contributed by atoms with Gasteiger partial charge in [0.15, 0.2) is 9.84 Å². The molecule has 0 radical (unpaired) electrons. The van der Waals surface area contributed by atoms with E-state index >= 15 is 0 Å². The summed E-state index contributed by atoms with van der Waals surface area (Å²) in [6.45, 7) is 0. The SMILES string of the molecule is COc1ccc(N2C(=O)N(c3ccc(Cl)c(Cl)c3)[C@H]3CS(=O)(=O)C[C@H]32)cc1. The van der Waals surface area contributed by atoms with Gasteiger partial charge in [0, 0.05) is 11.4 Å². The predicted octanol–water partition coefficient (Wildman–Crippen LogP) is 3.61. The van der Waals surface area contributed by atoms with Gasteiger partial charge in [-0.25, -0.2) is 13.2 Å². The first-order valence-corrected chi connectivity index (χ1v) is 10.8. The van der Waals surface area contributed by atoms with Crippen LogP contribution in [-0.2, 0) is 9.84 Å². The molecule has 0 unspecified atom stereocenters. The van der Waals surface area contributed by atoms with Crippen LogP contribution in [-0.4, -0.2) is 45.1 Å². The van der Waals surface area contributed by atoms with Crippen LogP contribution in [0.3, 0.4) is 0 Å². The summed E-state index contributed by atoms with van der Waals surface area (Å²) in [5.74, 6) is 0.492. The van der Waals surface area contributed by atoms with Crippen molar-refractivity contribution in [3.8, 4) is 5.75 Å². The van der Waals surface area contributed by atoms with Gasteiger partial charge in [0.25, 0.3) is 0 Å². The second-order valence-electron chi connectivity index (χ2n) is 6.53. The molecule has 27 heavy (non-hydrogen) atoms. The van der Waals surface area contributed by atoms with Crippen LogP contribution in [0.4, 0.5) is 16.2 Å². The zero-order valence-electron chi connectivity index (χ0n) is 14.3. The fourth-order valence-electron chi connectivity index (χ4n) is 3.69. The lowest BCUT2D eigenvalue weighted by atomic mass is 10.1. The molecule has 2 aromatic rings. The van der Waals surface area contributed by atoms with Crippen LogP contribution in [0.2, 0.25) is 10.0 Å². The first-order valence-electron chi connectivity index (χ1n) is 8.23. The third-order valence-corrected chi connectivity index (χ3v) is 7.34. The number of fused-ring (bicyclic) bond motifs is 1. The lowest BCUT2D eigenvalue weighted by Crippen LogP contribution is -2.37. The fourth-order valence-corrected chi connectivity index (χ4v) is 5.90. The van der Waals surface area contributed by atoms with Gasteiger partial charge in [0.1, 0.15) is 5.75 Å². The standard InChI is InChI=1S/C18H16Cl2N2O4S/c1-26-13-5-2-11(3-6-13)21-16-9-27(24,25)10-17(16)22(18(21)23)12-4-7-14(19)15(20)8-12/h2-8,16-17H,9-10H2,1H3/t16-,17+/m1/s1. The second kappa shape index (κ2) is 6.58. The van der Waals surface area contributed by atoms with E-state index in [0.717, 1.165) is 0 Å². The molecule has 2 aliphatic heterocycles. The summed E-state index contributed by atoms with van der Waals surface area (Å²) in [4.78, 5) is 16.3. The first kappa shape index (κ1) is 18.4. The third kappa shape index (κ3) is 3.13. The van der Waals surface area contributed by atoms with Crippen LogP contribution < -0.4 is 14.5 Å².